The maximum atomic E-state index is 12.1. The van der Waals surface area contributed by atoms with E-state index in [1.165, 1.54) is 0 Å². The highest BCUT2D eigenvalue weighted by Crippen LogP contribution is 2.40. The van der Waals surface area contributed by atoms with Crippen LogP contribution in [-0.2, 0) is 9.53 Å². The predicted molar refractivity (Wildman–Crippen MR) is 75.9 cm³/mol. The number of benzene rings is 1. The minimum absolute atomic E-state index is 0.0601. The summed E-state index contributed by atoms with van der Waals surface area (Å²) in [4.78, 5) is 16.5. The van der Waals surface area contributed by atoms with Gasteiger partial charge in [0.1, 0.15) is 0 Å². The Morgan fingerprint density at radius 2 is 1.90 bits per heavy atom. The van der Waals surface area contributed by atoms with Crippen molar-refractivity contribution in [1.29, 1.82) is 0 Å². The van der Waals surface area contributed by atoms with Crippen LogP contribution in [0.15, 0.2) is 54.7 Å². The van der Waals surface area contributed by atoms with Crippen LogP contribution in [0.5, 0.6) is 0 Å². The summed E-state index contributed by atoms with van der Waals surface area (Å²) < 4.78 is 5.72. The largest absolute Gasteiger partial charge is 0.451 e. The smallest absolute Gasteiger partial charge is 0.310 e. The maximum Gasteiger partial charge on any atom is 0.310 e. The van der Waals surface area contributed by atoms with Crippen molar-refractivity contribution in [3.63, 3.8) is 0 Å². The average Bonchev–Trinajstić information content (AvgIpc) is 3.23. The van der Waals surface area contributed by atoms with Gasteiger partial charge in [0.2, 0.25) is 0 Å². The fourth-order valence-electron chi connectivity index (χ4n) is 2.31. The molecule has 0 saturated heterocycles. The molecule has 0 amide bonds. The summed E-state index contributed by atoms with van der Waals surface area (Å²) in [5, 5.41) is 0. The maximum absolute atomic E-state index is 12.1. The second-order valence-corrected chi connectivity index (χ2v) is 5.30. The molecule has 0 bridgehead atoms. The summed E-state index contributed by atoms with van der Waals surface area (Å²) in [7, 11) is 0. The second kappa shape index (κ2) is 5.45. The van der Waals surface area contributed by atoms with Crippen LogP contribution in [0.25, 0.3) is 0 Å². The van der Waals surface area contributed by atoms with Gasteiger partial charge in [0.05, 0.1) is 11.6 Å². The van der Waals surface area contributed by atoms with Crippen molar-refractivity contribution >= 4 is 5.97 Å². The van der Waals surface area contributed by atoms with E-state index in [2.05, 4.69) is 11.9 Å². The molecule has 3 rings (SSSR count). The van der Waals surface area contributed by atoms with Gasteiger partial charge in [0.15, 0.2) is 6.10 Å². The van der Waals surface area contributed by atoms with Crippen LogP contribution in [-0.4, -0.2) is 11.0 Å². The minimum Gasteiger partial charge on any atom is -0.451 e. The van der Waals surface area contributed by atoms with Crippen LogP contribution in [0.2, 0.25) is 0 Å². The van der Waals surface area contributed by atoms with Crippen LogP contribution in [0.4, 0.5) is 0 Å². The Morgan fingerprint density at radius 3 is 2.50 bits per heavy atom. The van der Waals surface area contributed by atoms with E-state index in [1.807, 2.05) is 48.5 Å². The van der Waals surface area contributed by atoms with Gasteiger partial charge in [0, 0.05) is 6.20 Å². The molecule has 0 aliphatic heterocycles. The van der Waals surface area contributed by atoms with E-state index in [0.717, 1.165) is 17.7 Å². The van der Waals surface area contributed by atoms with Gasteiger partial charge in [-0.2, -0.15) is 0 Å². The first kappa shape index (κ1) is 12.9. The van der Waals surface area contributed by atoms with E-state index in [0.29, 0.717) is 5.92 Å². The molecule has 1 aromatic carbocycles. The number of carbonyl (C=O) groups is 1. The zero-order chi connectivity index (χ0) is 13.9. The molecule has 3 unspecified atom stereocenters. The molecule has 0 N–H and O–H groups in total. The Morgan fingerprint density at radius 1 is 1.20 bits per heavy atom. The lowest BCUT2D eigenvalue weighted by Crippen LogP contribution is -2.15. The summed E-state index contributed by atoms with van der Waals surface area (Å²) in [6.45, 7) is 2.07. The fraction of sp³-hybridized carbons (Fsp3) is 0.294. The van der Waals surface area contributed by atoms with Crippen molar-refractivity contribution in [3.8, 4) is 0 Å². The van der Waals surface area contributed by atoms with Gasteiger partial charge < -0.3 is 4.74 Å². The molecule has 3 heteroatoms. The fourth-order valence-corrected chi connectivity index (χ4v) is 2.31. The molecule has 20 heavy (non-hydrogen) atoms. The third kappa shape index (κ3) is 2.72. The zero-order valence-electron chi connectivity index (χ0n) is 11.4. The van der Waals surface area contributed by atoms with Gasteiger partial charge in [-0.15, -0.1) is 0 Å². The number of pyridine rings is 1. The quantitative estimate of drug-likeness (QED) is 0.797. The normalized spacial score (nSPS) is 22.1. The molecule has 1 aromatic heterocycles. The van der Waals surface area contributed by atoms with E-state index >= 15 is 0 Å². The average molecular weight is 267 g/mol. The third-order valence-corrected chi connectivity index (χ3v) is 3.70. The Labute approximate surface area is 118 Å². The summed E-state index contributed by atoms with van der Waals surface area (Å²) in [6.07, 6.45) is 2.24. The van der Waals surface area contributed by atoms with Gasteiger partial charge in [-0.1, -0.05) is 43.3 Å². The number of nitrogens with zero attached hydrogens (tertiary/aromatic N) is 1. The van der Waals surface area contributed by atoms with Crippen LogP contribution in [0, 0.1) is 11.8 Å². The zero-order valence-corrected chi connectivity index (χ0v) is 11.4. The lowest BCUT2D eigenvalue weighted by Gasteiger charge is -2.18. The molecule has 2 aromatic rings. The first-order chi connectivity index (χ1) is 9.75. The second-order valence-electron chi connectivity index (χ2n) is 5.30. The van der Waals surface area contributed by atoms with Gasteiger partial charge in [-0.25, -0.2) is 0 Å². The summed E-state index contributed by atoms with van der Waals surface area (Å²) in [5.74, 6) is 0.393. The molecule has 1 heterocycles. The standard InChI is InChI=1S/C17H17NO2/c1-12-11-14(12)17(19)20-16(13-7-3-2-4-8-13)15-9-5-6-10-18-15/h2-10,12,14,16H,11H2,1H3. The molecule has 1 aliphatic rings. The number of carbonyl (C=O) groups excluding carboxylic acids is 1. The highest BCUT2D eigenvalue weighted by Gasteiger charge is 2.41. The number of esters is 1. The highest BCUT2D eigenvalue weighted by molar-refractivity contribution is 5.76. The monoisotopic (exact) mass is 267 g/mol. The van der Waals surface area contributed by atoms with Crippen molar-refractivity contribution < 1.29 is 9.53 Å². The number of hydrogen-bond acceptors (Lipinski definition) is 3. The minimum atomic E-state index is -0.419. The van der Waals surface area contributed by atoms with E-state index in [-0.39, 0.29) is 11.9 Å². The van der Waals surface area contributed by atoms with Crippen LogP contribution < -0.4 is 0 Å². The third-order valence-electron chi connectivity index (χ3n) is 3.70. The highest BCUT2D eigenvalue weighted by atomic mass is 16.5. The number of ether oxygens (including phenoxy) is 1. The van der Waals surface area contributed by atoms with E-state index < -0.39 is 6.10 Å². The molecular formula is C17H17NO2. The molecule has 0 spiro atoms. The van der Waals surface area contributed by atoms with Crippen LogP contribution >= 0.6 is 0 Å². The molecule has 3 nitrogen and oxygen atoms in total. The summed E-state index contributed by atoms with van der Waals surface area (Å²) in [6, 6.07) is 15.4. The van der Waals surface area contributed by atoms with E-state index in [9.17, 15) is 4.79 Å². The van der Waals surface area contributed by atoms with Crippen molar-refractivity contribution in [2.24, 2.45) is 11.8 Å². The Hall–Kier alpha value is -2.16. The molecule has 102 valence electrons. The Balaban J connectivity index is 1.86. The Kier molecular flexibility index (Phi) is 3.50. The SMILES string of the molecule is CC1CC1C(=O)OC(c1ccccc1)c1ccccn1. The molecule has 1 saturated carbocycles. The first-order valence-electron chi connectivity index (χ1n) is 6.92. The Bertz CT molecular complexity index is 543. The summed E-state index contributed by atoms with van der Waals surface area (Å²) >= 11 is 0. The number of rotatable bonds is 4. The van der Waals surface area contributed by atoms with E-state index in [1.54, 1.807) is 6.20 Å². The van der Waals surface area contributed by atoms with Crippen LogP contribution in [0.1, 0.15) is 30.7 Å². The number of aromatic nitrogens is 1. The van der Waals surface area contributed by atoms with E-state index in [4.69, 9.17) is 4.74 Å². The predicted octanol–water partition coefficient (Wildman–Crippen LogP) is 3.37. The first-order valence-corrected chi connectivity index (χ1v) is 6.92. The lowest BCUT2D eigenvalue weighted by atomic mass is 10.1. The van der Waals surface area contributed by atoms with Crippen LogP contribution in [0.3, 0.4) is 0 Å². The van der Waals surface area contributed by atoms with Crippen molar-refractivity contribution in [3.05, 3.63) is 66.0 Å². The van der Waals surface area contributed by atoms with Gasteiger partial charge in [-0.3, -0.25) is 9.78 Å². The molecule has 0 radical (unpaired) electrons. The molecule has 3 atom stereocenters. The summed E-state index contributed by atoms with van der Waals surface area (Å²) in [5.41, 5.74) is 1.72. The van der Waals surface area contributed by atoms with Crippen molar-refractivity contribution in [2.45, 2.75) is 19.4 Å². The lowest BCUT2D eigenvalue weighted by molar-refractivity contribution is -0.149. The topological polar surface area (TPSA) is 39.2 Å². The number of hydrogen-bond donors (Lipinski definition) is 0. The molecular weight excluding hydrogens is 250 g/mol. The molecule has 1 fully saturated rings. The van der Waals surface area contributed by atoms with Gasteiger partial charge in [-0.05, 0) is 30.0 Å². The van der Waals surface area contributed by atoms with Gasteiger partial charge in [0.25, 0.3) is 0 Å². The van der Waals surface area contributed by atoms with Crippen molar-refractivity contribution in [2.75, 3.05) is 0 Å². The van der Waals surface area contributed by atoms with Crippen molar-refractivity contribution in [1.82, 2.24) is 4.98 Å². The molecule has 1 aliphatic carbocycles. The van der Waals surface area contributed by atoms with Gasteiger partial charge >= 0.3 is 5.97 Å².